The SMILES string of the molecule is O=C(CC1CCCCC1)Oc1cccc(Nc2nc(-c3ccccn3)cs2)c1. The van der Waals surface area contributed by atoms with Crippen LogP contribution in [-0.2, 0) is 4.79 Å². The molecule has 1 aromatic carbocycles. The molecule has 1 aliphatic rings. The molecule has 0 radical (unpaired) electrons. The predicted molar refractivity (Wildman–Crippen MR) is 112 cm³/mol. The number of thiazole rings is 1. The van der Waals surface area contributed by atoms with Crippen molar-refractivity contribution >= 4 is 28.1 Å². The van der Waals surface area contributed by atoms with Crippen LogP contribution in [0.25, 0.3) is 11.4 Å². The Morgan fingerprint density at radius 1 is 1.11 bits per heavy atom. The number of rotatable bonds is 6. The second kappa shape index (κ2) is 8.97. The van der Waals surface area contributed by atoms with Crippen molar-refractivity contribution in [3.63, 3.8) is 0 Å². The molecule has 1 aliphatic carbocycles. The zero-order valence-electron chi connectivity index (χ0n) is 15.6. The standard InChI is InChI=1S/C22H23N3O2S/c26-21(13-16-7-2-1-3-8-16)27-18-10-6-9-17(14-18)24-22-25-20(15-28-22)19-11-4-5-12-23-19/h4-6,9-12,14-16H,1-3,7-8,13H2,(H,24,25). The summed E-state index contributed by atoms with van der Waals surface area (Å²) in [4.78, 5) is 21.2. The number of ether oxygens (including phenoxy) is 1. The summed E-state index contributed by atoms with van der Waals surface area (Å²) in [5, 5.41) is 6.02. The molecule has 1 N–H and O–H groups in total. The van der Waals surface area contributed by atoms with Crippen LogP contribution in [0.15, 0.2) is 54.0 Å². The molecule has 0 atom stereocenters. The molecular weight excluding hydrogens is 370 g/mol. The number of esters is 1. The minimum Gasteiger partial charge on any atom is -0.426 e. The fraction of sp³-hybridized carbons (Fsp3) is 0.318. The highest BCUT2D eigenvalue weighted by molar-refractivity contribution is 7.14. The van der Waals surface area contributed by atoms with Crippen LogP contribution < -0.4 is 10.1 Å². The van der Waals surface area contributed by atoms with Gasteiger partial charge in [0.25, 0.3) is 0 Å². The van der Waals surface area contributed by atoms with Gasteiger partial charge in [0.2, 0.25) is 0 Å². The van der Waals surface area contributed by atoms with Crippen LogP contribution in [0.4, 0.5) is 10.8 Å². The topological polar surface area (TPSA) is 64.1 Å². The first-order valence-corrected chi connectivity index (χ1v) is 10.6. The van der Waals surface area contributed by atoms with E-state index in [9.17, 15) is 4.79 Å². The summed E-state index contributed by atoms with van der Waals surface area (Å²) >= 11 is 1.51. The fourth-order valence-corrected chi connectivity index (χ4v) is 4.25. The van der Waals surface area contributed by atoms with E-state index < -0.39 is 0 Å². The summed E-state index contributed by atoms with van der Waals surface area (Å²) in [5.74, 6) is 0.894. The molecule has 144 valence electrons. The van der Waals surface area contributed by atoms with Crippen LogP contribution in [0.5, 0.6) is 5.75 Å². The van der Waals surface area contributed by atoms with Gasteiger partial charge in [-0.1, -0.05) is 31.4 Å². The Kier molecular flexibility index (Phi) is 5.97. The second-order valence-corrected chi connectivity index (χ2v) is 7.95. The van der Waals surface area contributed by atoms with E-state index in [-0.39, 0.29) is 5.97 Å². The maximum atomic E-state index is 12.3. The number of anilines is 2. The van der Waals surface area contributed by atoms with Crippen LogP contribution in [0, 0.1) is 5.92 Å². The monoisotopic (exact) mass is 393 g/mol. The minimum atomic E-state index is -0.143. The minimum absolute atomic E-state index is 0.143. The van der Waals surface area contributed by atoms with Gasteiger partial charge in [-0.2, -0.15) is 0 Å². The van der Waals surface area contributed by atoms with Gasteiger partial charge in [0.15, 0.2) is 5.13 Å². The van der Waals surface area contributed by atoms with Crippen LogP contribution >= 0.6 is 11.3 Å². The number of hydrogen-bond donors (Lipinski definition) is 1. The summed E-state index contributed by atoms with van der Waals surface area (Å²) in [7, 11) is 0. The average Bonchev–Trinajstić information content (AvgIpc) is 3.18. The molecule has 1 fully saturated rings. The maximum absolute atomic E-state index is 12.3. The Morgan fingerprint density at radius 3 is 2.82 bits per heavy atom. The molecule has 0 amide bonds. The number of pyridine rings is 1. The third-order valence-electron chi connectivity index (χ3n) is 4.93. The summed E-state index contributed by atoms with van der Waals surface area (Å²) in [5.41, 5.74) is 2.52. The first-order chi connectivity index (χ1) is 13.8. The van der Waals surface area contributed by atoms with Crippen molar-refractivity contribution in [3.05, 3.63) is 54.0 Å². The van der Waals surface area contributed by atoms with E-state index in [1.165, 1.54) is 30.6 Å². The molecule has 3 aromatic rings. The van der Waals surface area contributed by atoms with Crippen molar-refractivity contribution in [2.24, 2.45) is 5.92 Å². The highest BCUT2D eigenvalue weighted by Crippen LogP contribution is 2.29. The number of benzene rings is 1. The Morgan fingerprint density at radius 2 is 2.00 bits per heavy atom. The largest absolute Gasteiger partial charge is 0.426 e. The first kappa shape index (κ1) is 18.6. The Balaban J connectivity index is 1.37. The van der Waals surface area contributed by atoms with Gasteiger partial charge in [-0.25, -0.2) is 4.98 Å². The van der Waals surface area contributed by atoms with Crippen LogP contribution in [-0.4, -0.2) is 15.9 Å². The van der Waals surface area contributed by atoms with Crippen molar-refractivity contribution < 1.29 is 9.53 Å². The Bertz CT molecular complexity index is 920. The van der Waals surface area contributed by atoms with Gasteiger partial charge in [0, 0.05) is 29.8 Å². The quantitative estimate of drug-likeness (QED) is 0.422. The zero-order valence-corrected chi connectivity index (χ0v) is 16.5. The Labute approximate surface area is 168 Å². The molecule has 0 aliphatic heterocycles. The van der Waals surface area contributed by atoms with Gasteiger partial charge in [-0.15, -0.1) is 11.3 Å². The lowest BCUT2D eigenvalue weighted by Crippen LogP contribution is -2.16. The average molecular weight is 394 g/mol. The summed E-state index contributed by atoms with van der Waals surface area (Å²) in [6.45, 7) is 0. The summed E-state index contributed by atoms with van der Waals surface area (Å²) in [6.07, 6.45) is 8.29. The molecule has 6 heteroatoms. The van der Waals surface area contributed by atoms with Crippen molar-refractivity contribution in [1.82, 2.24) is 9.97 Å². The van der Waals surface area contributed by atoms with Crippen LogP contribution in [0.2, 0.25) is 0 Å². The molecule has 2 aromatic heterocycles. The zero-order chi connectivity index (χ0) is 19.2. The lowest BCUT2D eigenvalue weighted by molar-refractivity contribution is -0.135. The molecule has 4 rings (SSSR count). The van der Waals surface area contributed by atoms with Crippen molar-refractivity contribution in [1.29, 1.82) is 0 Å². The van der Waals surface area contributed by atoms with Gasteiger partial charge in [0.1, 0.15) is 11.4 Å². The van der Waals surface area contributed by atoms with E-state index in [1.54, 1.807) is 6.20 Å². The number of nitrogens with zero attached hydrogens (tertiary/aromatic N) is 2. The number of hydrogen-bond acceptors (Lipinski definition) is 6. The Hall–Kier alpha value is -2.73. The predicted octanol–water partition coefficient (Wildman–Crippen LogP) is 5.82. The third kappa shape index (κ3) is 4.95. The van der Waals surface area contributed by atoms with Gasteiger partial charge in [0.05, 0.1) is 5.69 Å². The molecule has 2 heterocycles. The summed E-state index contributed by atoms with van der Waals surface area (Å²) in [6, 6.07) is 13.2. The highest BCUT2D eigenvalue weighted by atomic mass is 32.1. The van der Waals surface area contributed by atoms with E-state index in [1.807, 2.05) is 47.8 Å². The van der Waals surface area contributed by atoms with Crippen LogP contribution in [0.3, 0.4) is 0 Å². The normalized spacial score (nSPS) is 14.6. The molecule has 0 bridgehead atoms. The summed E-state index contributed by atoms with van der Waals surface area (Å²) < 4.78 is 5.56. The van der Waals surface area contributed by atoms with Gasteiger partial charge < -0.3 is 10.1 Å². The maximum Gasteiger partial charge on any atom is 0.311 e. The molecule has 28 heavy (non-hydrogen) atoms. The molecule has 0 unspecified atom stereocenters. The first-order valence-electron chi connectivity index (χ1n) is 9.71. The molecule has 0 spiro atoms. The van der Waals surface area contributed by atoms with Crippen LogP contribution in [0.1, 0.15) is 38.5 Å². The third-order valence-corrected chi connectivity index (χ3v) is 5.69. The molecule has 5 nitrogen and oxygen atoms in total. The van der Waals surface area contributed by atoms with E-state index in [2.05, 4.69) is 15.3 Å². The lowest BCUT2D eigenvalue weighted by atomic mass is 9.87. The van der Waals surface area contributed by atoms with Crippen molar-refractivity contribution in [3.8, 4) is 17.1 Å². The number of carbonyl (C=O) groups is 1. The fourth-order valence-electron chi connectivity index (χ4n) is 3.52. The van der Waals surface area contributed by atoms with E-state index in [0.29, 0.717) is 18.1 Å². The van der Waals surface area contributed by atoms with Gasteiger partial charge in [-0.3, -0.25) is 9.78 Å². The van der Waals surface area contributed by atoms with Gasteiger partial charge in [-0.05, 0) is 43.0 Å². The number of aromatic nitrogens is 2. The molecular formula is C22H23N3O2S. The van der Waals surface area contributed by atoms with E-state index >= 15 is 0 Å². The van der Waals surface area contributed by atoms with E-state index in [0.717, 1.165) is 35.0 Å². The van der Waals surface area contributed by atoms with E-state index in [4.69, 9.17) is 4.74 Å². The second-order valence-electron chi connectivity index (χ2n) is 7.09. The highest BCUT2D eigenvalue weighted by Gasteiger charge is 2.18. The molecule has 1 saturated carbocycles. The number of nitrogens with one attached hydrogen (secondary N) is 1. The molecule has 0 saturated heterocycles. The van der Waals surface area contributed by atoms with Gasteiger partial charge >= 0.3 is 5.97 Å². The smallest absolute Gasteiger partial charge is 0.311 e. The van der Waals surface area contributed by atoms with Crippen molar-refractivity contribution in [2.45, 2.75) is 38.5 Å². The van der Waals surface area contributed by atoms with Crippen molar-refractivity contribution in [2.75, 3.05) is 5.32 Å². The number of carbonyl (C=O) groups excluding carboxylic acids is 1. The lowest BCUT2D eigenvalue weighted by Gasteiger charge is -2.20.